The van der Waals surface area contributed by atoms with E-state index in [1.54, 1.807) is 0 Å². The molecule has 0 radical (unpaired) electrons. The first-order valence-electron chi connectivity index (χ1n) is 4.84. The molecule has 0 saturated heterocycles. The molecule has 8 heteroatoms. The molecule has 1 aromatic carbocycles. The van der Waals surface area contributed by atoms with Gasteiger partial charge in [0.2, 0.25) is 5.91 Å². The van der Waals surface area contributed by atoms with E-state index in [1.165, 1.54) is 0 Å². The standard InChI is InChI=1S/C10H10N2O6/c11-9(13)3-4-18-8-5-6(10(14)15)1-2-7(8)12(16)17/h1-2,5H,3-4H2,(H2,11,13)(H,14,15). The number of ether oxygens (including phenoxy) is 1. The second kappa shape index (κ2) is 5.62. The van der Waals surface area contributed by atoms with Crippen LogP contribution < -0.4 is 10.5 Å². The fourth-order valence-electron chi connectivity index (χ4n) is 1.18. The third kappa shape index (κ3) is 3.44. The van der Waals surface area contributed by atoms with Gasteiger partial charge in [-0.25, -0.2) is 4.79 Å². The molecule has 0 fully saturated rings. The average molecular weight is 254 g/mol. The third-order valence-corrected chi connectivity index (χ3v) is 2.01. The highest BCUT2D eigenvalue weighted by molar-refractivity contribution is 5.88. The molecule has 0 unspecified atom stereocenters. The summed E-state index contributed by atoms with van der Waals surface area (Å²) in [5.74, 6) is -2.06. The first kappa shape index (κ1) is 13.4. The van der Waals surface area contributed by atoms with Crippen LogP contribution in [0.3, 0.4) is 0 Å². The van der Waals surface area contributed by atoms with E-state index in [-0.39, 0.29) is 30.0 Å². The van der Waals surface area contributed by atoms with E-state index >= 15 is 0 Å². The summed E-state index contributed by atoms with van der Waals surface area (Å²) < 4.78 is 4.99. The lowest BCUT2D eigenvalue weighted by Gasteiger charge is -2.06. The number of benzene rings is 1. The second-order valence-corrected chi connectivity index (χ2v) is 3.31. The Morgan fingerprint density at radius 3 is 2.61 bits per heavy atom. The normalized spacial score (nSPS) is 9.78. The number of nitrogens with zero attached hydrogens (tertiary/aromatic N) is 1. The number of aromatic carboxylic acids is 1. The summed E-state index contributed by atoms with van der Waals surface area (Å²) in [6.45, 7) is -0.154. The Bertz CT molecular complexity index is 499. The fourth-order valence-corrected chi connectivity index (χ4v) is 1.18. The summed E-state index contributed by atoms with van der Waals surface area (Å²) in [4.78, 5) is 31.2. The van der Waals surface area contributed by atoms with Gasteiger partial charge < -0.3 is 15.6 Å². The van der Waals surface area contributed by atoms with Crippen LogP contribution in [0.25, 0.3) is 0 Å². The highest BCUT2D eigenvalue weighted by Gasteiger charge is 2.17. The molecule has 0 atom stereocenters. The van der Waals surface area contributed by atoms with E-state index in [4.69, 9.17) is 15.6 Å². The fraction of sp³-hybridized carbons (Fsp3) is 0.200. The van der Waals surface area contributed by atoms with Gasteiger partial charge in [0.05, 0.1) is 23.5 Å². The number of hydrogen-bond acceptors (Lipinski definition) is 5. The predicted molar refractivity (Wildman–Crippen MR) is 59.4 cm³/mol. The van der Waals surface area contributed by atoms with Crippen LogP contribution in [0, 0.1) is 10.1 Å². The van der Waals surface area contributed by atoms with Gasteiger partial charge in [-0.1, -0.05) is 0 Å². The lowest BCUT2D eigenvalue weighted by atomic mass is 10.2. The molecule has 0 aliphatic carbocycles. The number of carbonyl (C=O) groups is 2. The van der Waals surface area contributed by atoms with E-state index in [1.807, 2.05) is 0 Å². The van der Waals surface area contributed by atoms with Crippen molar-refractivity contribution in [3.05, 3.63) is 33.9 Å². The molecule has 8 nitrogen and oxygen atoms in total. The van der Waals surface area contributed by atoms with Crippen molar-refractivity contribution in [3.63, 3.8) is 0 Å². The highest BCUT2D eigenvalue weighted by Crippen LogP contribution is 2.28. The first-order chi connectivity index (χ1) is 8.41. The maximum absolute atomic E-state index is 10.7. The lowest BCUT2D eigenvalue weighted by molar-refractivity contribution is -0.385. The number of carbonyl (C=O) groups excluding carboxylic acids is 1. The van der Waals surface area contributed by atoms with Crippen LogP contribution in [0.15, 0.2) is 18.2 Å². The van der Waals surface area contributed by atoms with Crippen LogP contribution in [0.5, 0.6) is 5.75 Å². The van der Waals surface area contributed by atoms with Crippen molar-refractivity contribution >= 4 is 17.6 Å². The van der Waals surface area contributed by atoms with Crippen molar-refractivity contribution in [1.29, 1.82) is 0 Å². The Labute approximate surface area is 101 Å². The maximum Gasteiger partial charge on any atom is 0.335 e. The monoisotopic (exact) mass is 254 g/mol. The van der Waals surface area contributed by atoms with Gasteiger partial charge >= 0.3 is 11.7 Å². The van der Waals surface area contributed by atoms with E-state index in [0.29, 0.717) is 0 Å². The summed E-state index contributed by atoms with van der Waals surface area (Å²) in [5, 5.41) is 19.4. The van der Waals surface area contributed by atoms with E-state index < -0.39 is 16.8 Å². The Kier molecular flexibility index (Phi) is 4.19. The zero-order valence-electron chi connectivity index (χ0n) is 9.16. The summed E-state index contributed by atoms with van der Waals surface area (Å²) in [7, 11) is 0. The van der Waals surface area contributed by atoms with Crippen molar-refractivity contribution in [2.45, 2.75) is 6.42 Å². The number of nitro groups is 1. The number of nitrogens with two attached hydrogens (primary N) is 1. The van der Waals surface area contributed by atoms with Crippen molar-refractivity contribution in [2.75, 3.05) is 6.61 Å². The molecule has 1 aromatic rings. The number of rotatable bonds is 6. The minimum absolute atomic E-state index is 0.117. The van der Waals surface area contributed by atoms with Gasteiger partial charge in [0.15, 0.2) is 5.75 Å². The number of hydrogen-bond donors (Lipinski definition) is 2. The maximum atomic E-state index is 10.7. The Morgan fingerprint density at radius 1 is 1.44 bits per heavy atom. The smallest absolute Gasteiger partial charge is 0.335 e. The van der Waals surface area contributed by atoms with Crippen LogP contribution in [0.1, 0.15) is 16.8 Å². The van der Waals surface area contributed by atoms with Crippen molar-refractivity contribution in [2.24, 2.45) is 5.73 Å². The summed E-state index contributed by atoms with van der Waals surface area (Å²) >= 11 is 0. The van der Waals surface area contributed by atoms with Gasteiger partial charge in [0.25, 0.3) is 0 Å². The molecule has 3 N–H and O–H groups in total. The molecule has 0 heterocycles. The molecular weight excluding hydrogens is 244 g/mol. The molecule has 0 saturated carbocycles. The molecule has 1 amide bonds. The van der Waals surface area contributed by atoms with Crippen LogP contribution in [0.4, 0.5) is 5.69 Å². The van der Waals surface area contributed by atoms with Gasteiger partial charge in [-0.2, -0.15) is 0 Å². The topological polar surface area (TPSA) is 133 Å². The number of amides is 1. The second-order valence-electron chi connectivity index (χ2n) is 3.31. The Morgan fingerprint density at radius 2 is 2.11 bits per heavy atom. The summed E-state index contributed by atoms with van der Waals surface area (Å²) in [6.07, 6.45) is -0.117. The van der Waals surface area contributed by atoms with Gasteiger partial charge in [-0.3, -0.25) is 14.9 Å². The summed E-state index contributed by atoms with van der Waals surface area (Å²) in [6, 6.07) is 3.16. The van der Waals surface area contributed by atoms with Gasteiger partial charge in [-0.05, 0) is 6.07 Å². The molecule has 0 bridgehead atoms. The van der Waals surface area contributed by atoms with Crippen LogP contribution in [0.2, 0.25) is 0 Å². The lowest BCUT2D eigenvalue weighted by Crippen LogP contribution is -2.15. The molecule has 0 aromatic heterocycles. The average Bonchev–Trinajstić information content (AvgIpc) is 2.27. The van der Waals surface area contributed by atoms with Crippen LogP contribution in [-0.4, -0.2) is 28.5 Å². The van der Waals surface area contributed by atoms with E-state index in [9.17, 15) is 19.7 Å². The zero-order chi connectivity index (χ0) is 13.7. The quantitative estimate of drug-likeness (QED) is 0.562. The predicted octanol–water partition coefficient (Wildman–Crippen LogP) is 0.547. The van der Waals surface area contributed by atoms with Gasteiger partial charge in [-0.15, -0.1) is 0 Å². The SMILES string of the molecule is NC(=O)CCOc1cc(C(=O)O)ccc1[N+](=O)[O-]. The molecule has 1 rings (SSSR count). The van der Waals surface area contributed by atoms with Crippen molar-refractivity contribution in [3.8, 4) is 5.75 Å². The minimum atomic E-state index is -1.23. The number of carboxylic acids is 1. The van der Waals surface area contributed by atoms with E-state index in [2.05, 4.69) is 0 Å². The minimum Gasteiger partial charge on any atom is -0.486 e. The third-order valence-electron chi connectivity index (χ3n) is 2.01. The van der Waals surface area contributed by atoms with Gasteiger partial charge in [0.1, 0.15) is 0 Å². The Hall–Kier alpha value is -2.64. The molecule has 0 spiro atoms. The van der Waals surface area contributed by atoms with Gasteiger partial charge in [0, 0.05) is 12.1 Å². The first-order valence-corrected chi connectivity index (χ1v) is 4.84. The number of primary amides is 1. The van der Waals surface area contributed by atoms with Crippen LogP contribution in [-0.2, 0) is 4.79 Å². The molecule has 18 heavy (non-hydrogen) atoms. The van der Waals surface area contributed by atoms with Crippen molar-refractivity contribution < 1.29 is 24.4 Å². The highest BCUT2D eigenvalue weighted by atomic mass is 16.6. The number of nitro benzene ring substituents is 1. The molecule has 96 valence electrons. The molecular formula is C10H10N2O6. The zero-order valence-corrected chi connectivity index (χ0v) is 9.16. The largest absolute Gasteiger partial charge is 0.486 e. The molecule has 0 aliphatic heterocycles. The molecule has 0 aliphatic rings. The Balaban J connectivity index is 2.96. The van der Waals surface area contributed by atoms with E-state index in [0.717, 1.165) is 18.2 Å². The number of carboxylic acid groups (broad SMARTS) is 1. The van der Waals surface area contributed by atoms with Crippen molar-refractivity contribution in [1.82, 2.24) is 0 Å². The van der Waals surface area contributed by atoms with Crippen LogP contribution >= 0.6 is 0 Å². The summed E-state index contributed by atoms with van der Waals surface area (Å²) in [5.41, 5.74) is 4.37.